The molecule has 3 heterocycles. The Kier molecular flexibility index (Phi) is 5.02. The average Bonchev–Trinajstić information content (AvgIpc) is 3.18. The molecule has 31 heavy (non-hydrogen) atoms. The molecule has 0 unspecified atom stereocenters. The third-order valence-corrected chi connectivity index (χ3v) is 7.66. The summed E-state index contributed by atoms with van der Waals surface area (Å²) in [6.07, 6.45) is 0.659. The fraction of sp³-hybridized carbons (Fsp3) is 0.409. The molecule has 0 bridgehead atoms. The maximum absolute atomic E-state index is 13.7. The zero-order valence-corrected chi connectivity index (χ0v) is 18.7. The lowest BCUT2D eigenvalue weighted by Gasteiger charge is -2.29. The summed E-state index contributed by atoms with van der Waals surface area (Å²) in [6, 6.07) is 11.0. The number of likely N-dealkylation sites (N-methyl/N-ethyl adjacent to an activating group) is 1. The Bertz CT molecular complexity index is 1230. The van der Waals surface area contributed by atoms with Crippen LogP contribution in [0.3, 0.4) is 0 Å². The van der Waals surface area contributed by atoms with Crippen LogP contribution in [0.4, 0.5) is 11.4 Å². The summed E-state index contributed by atoms with van der Waals surface area (Å²) in [5.74, 6) is 0.702. The highest BCUT2D eigenvalue weighted by molar-refractivity contribution is 7.90. The van der Waals surface area contributed by atoms with Crippen molar-refractivity contribution in [3.63, 3.8) is 0 Å². The standard InChI is InChI=1S/C22H27N5O3S/c1-3-19-18-6-4-16(26-10-8-23-9-11-26)14-20(18)27(24-19)31(28,29)17-5-7-22-21(15-17)25(2)12-13-30-22/h4-7,14-15,23H,3,8-13H2,1-2H3. The van der Waals surface area contributed by atoms with Gasteiger partial charge < -0.3 is 19.9 Å². The van der Waals surface area contributed by atoms with E-state index in [1.807, 2.05) is 31.0 Å². The SMILES string of the molecule is CCc1nn(S(=O)(=O)c2ccc3c(c2)N(C)CCO3)c2cc(N3CCNCC3)ccc12. The van der Waals surface area contributed by atoms with Gasteiger partial charge in [0.15, 0.2) is 0 Å². The quantitative estimate of drug-likeness (QED) is 0.664. The highest BCUT2D eigenvalue weighted by Crippen LogP contribution is 2.34. The summed E-state index contributed by atoms with van der Waals surface area (Å²) >= 11 is 0. The maximum atomic E-state index is 13.7. The molecular formula is C22H27N5O3S. The van der Waals surface area contributed by atoms with Gasteiger partial charge in [0.2, 0.25) is 0 Å². The number of aryl methyl sites for hydroxylation is 1. The number of fused-ring (bicyclic) bond motifs is 2. The van der Waals surface area contributed by atoms with Crippen LogP contribution in [0.2, 0.25) is 0 Å². The normalized spacial score (nSPS) is 17.0. The van der Waals surface area contributed by atoms with E-state index in [0.29, 0.717) is 24.3 Å². The van der Waals surface area contributed by atoms with Gasteiger partial charge in [0.25, 0.3) is 10.0 Å². The number of rotatable bonds is 4. The van der Waals surface area contributed by atoms with Gasteiger partial charge in [-0.15, -0.1) is 0 Å². The van der Waals surface area contributed by atoms with Crippen LogP contribution in [0.25, 0.3) is 10.9 Å². The first kappa shape index (κ1) is 20.1. The first-order valence-electron chi connectivity index (χ1n) is 10.7. The molecular weight excluding hydrogens is 414 g/mol. The van der Waals surface area contributed by atoms with Gasteiger partial charge in [0.05, 0.1) is 28.3 Å². The molecule has 0 atom stereocenters. The number of hydrogen-bond donors (Lipinski definition) is 1. The Labute approximate surface area is 182 Å². The van der Waals surface area contributed by atoms with Crippen LogP contribution in [0.5, 0.6) is 5.75 Å². The number of anilines is 2. The van der Waals surface area contributed by atoms with E-state index < -0.39 is 10.0 Å². The van der Waals surface area contributed by atoms with E-state index in [0.717, 1.165) is 55.2 Å². The Hall–Kier alpha value is -2.78. The van der Waals surface area contributed by atoms with Gasteiger partial charge in [0, 0.05) is 44.3 Å². The Morgan fingerprint density at radius 2 is 1.90 bits per heavy atom. The molecule has 1 fully saturated rings. The fourth-order valence-electron chi connectivity index (χ4n) is 4.29. The second-order valence-corrected chi connectivity index (χ2v) is 9.75. The van der Waals surface area contributed by atoms with Gasteiger partial charge in [0.1, 0.15) is 12.4 Å². The molecule has 2 aliphatic rings. The summed E-state index contributed by atoms with van der Waals surface area (Å²) < 4.78 is 34.2. The Morgan fingerprint density at radius 3 is 2.68 bits per heavy atom. The summed E-state index contributed by atoms with van der Waals surface area (Å²) in [5.41, 5.74) is 3.20. The van der Waals surface area contributed by atoms with Gasteiger partial charge in [-0.1, -0.05) is 6.92 Å². The highest BCUT2D eigenvalue weighted by Gasteiger charge is 2.26. The van der Waals surface area contributed by atoms with Crippen LogP contribution in [0, 0.1) is 0 Å². The summed E-state index contributed by atoms with van der Waals surface area (Å²) in [6.45, 7) is 6.92. The van der Waals surface area contributed by atoms with E-state index in [1.165, 1.54) is 4.09 Å². The van der Waals surface area contributed by atoms with Crippen molar-refractivity contribution >= 4 is 32.3 Å². The number of nitrogens with one attached hydrogen (secondary N) is 1. The lowest BCUT2D eigenvalue weighted by Crippen LogP contribution is -2.43. The molecule has 0 aliphatic carbocycles. The van der Waals surface area contributed by atoms with Crippen molar-refractivity contribution in [2.24, 2.45) is 0 Å². The van der Waals surface area contributed by atoms with Crippen molar-refractivity contribution in [2.45, 2.75) is 18.2 Å². The van der Waals surface area contributed by atoms with Crippen molar-refractivity contribution in [3.05, 3.63) is 42.1 Å². The Morgan fingerprint density at radius 1 is 1.10 bits per heavy atom. The molecule has 1 aromatic heterocycles. The van der Waals surface area contributed by atoms with Gasteiger partial charge >= 0.3 is 0 Å². The number of ether oxygens (including phenoxy) is 1. The van der Waals surface area contributed by atoms with E-state index in [-0.39, 0.29) is 4.90 Å². The first-order valence-corrected chi connectivity index (χ1v) is 12.1. The number of nitrogens with zero attached hydrogens (tertiary/aromatic N) is 4. The molecule has 3 aromatic rings. The number of aromatic nitrogens is 2. The fourth-order valence-corrected chi connectivity index (χ4v) is 5.61. The lowest BCUT2D eigenvalue weighted by atomic mass is 10.1. The largest absolute Gasteiger partial charge is 0.490 e. The lowest BCUT2D eigenvalue weighted by molar-refractivity contribution is 0.311. The molecule has 2 aliphatic heterocycles. The minimum absolute atomic E-state index is 0.211. The van der Waals surface area contributed by atoms with Crippen LogP contribution in [0.15, 0.2) is 41.3 Å². The second kappa shape index (κ2) is 7.72. The van der Waals surface area contributed by atoms with Crippen LogP contribution in [0.1, 0.15) is 12.6 Å². The summed E-state index contributed by atoms with van der Waals surface area (Å²) in [5, 5.41) is 8.76. The zero-order valence-electron chi connectivity index (χ0n) is 17.8. The minimum atomic E-state index is -3.87. The highest BCUT2D eigenvalue weighted by atomic mass is 32.2. The number of benzene rings is 2. The van der Waals surface area contributed by atoms with Crippen molar-refractivity contribution < 1.29 is 13.2 Å². The smallest absolute Gasteiger partial charge is 0.283 e. The van der Waals surface area contributed by atoms with Gasteiger partial charge in [-0.05, 0) is 42.8 Å². The molecule has 0 amide bonds. The van der Waals surface area contributed by atoms with Gasteiger partial charge in [-0.25, -0.2) is 0 Å². The van der Waals surface area contributed by atoms with Crippen molar-refractivity contribution in [1.29, 1.82) is 0 Å². The molecule has 0 spiro atoms. The minimum Gasteiger partial charge on any atom is -0.490 e. The van der Waals surface area contributed by atoms with Crippen LogP contribution in [-0.4, -0.2) is 64.0 Å². The van der Waals surface area contributed by atoms with Gasteiger partial charge in [-0.3, -0.25) is 0 Å². The third-order valence-electron chi connectivity index (χ3n) is 6.08. The van der Waals surface area contributed by atoms with Crippen molar-refractivity contribution in [2.75, 3.05) is 56.2 Å². The predicted molar refractivity (Wildman–Crippen MR) is 122 cm³/mol. The number of hydrogen-bond acceptors (Lipinski definition) is 7. The van der Waals surface area contributed by atoms with Crippen LogP contribution < -0.4 is 19.9 Å². The van der Waals surface area contributed by atoms with E-state index in [2.05, 4.69) is 21.4 Å². The van der Waals surface area contributed by atoms with Crippen LogP contribution >= 0.6 is 0 Å². The van der Waals surface area contributed by atoms with E-state index in [4.69, 9.17) is 4.74 Å². The van der Waals surface area contributed by atoms with Gasteiger partial charge in [-0.2, -0.15) is 17.6 Å². The average molecular weight is 442 g/mol. The zero-order chi connectivity index (χ0) is 21.6. The van der Waals surface area contributed by atoms with E-state index in [1.54, 1.807) is 18.2 Å². The predicted octanol–water partition coefficient (Wildman–Crippen LogP) is 2.07. The monoisotopic (exact) mass is 441 g/mol. The maximum Gasteiger partial charge on any atom is 0.283 e. The topological polar surface area (TPSA) is 79.7 Å². The van der Waals surface area contributed by atoms with Crippen molar-refractivity contribution in [1.82, 2.24) is 14.5 Å². The van der Waals surface area contributed by atoms with E-state index in [9.17, 15) is 8.42 Å². The molecule has 9 heteroatoms. The molecule has 2 aromatic carbocycles. The van der Waals surface area contributed by atoms with Crippen LogP contribution in [-0.2, 0) is 16.4 Å². The molecule has 8 nitrogen and oxygen atoms in total. The molecule has 1 saturated heterocycles. The molecule has 0 saturated carbocycles. The molecule has 1 N–H and O–H groups in total. The van der Waals surface area contributed by atoms with E-state index >= 15 is 0 Å². The molecule has 5 rings (SSSR count). The van der Waals surface area contributed by atoms with Crippen molar-refractivity contribution in [3.8, 4) is 5.75 Å². The summed E-state index contributed by atoms with van der Waals surface area (Å²) in [7, 11) is -1.93. The third kappa shape index (κ3) is 3.41. The first-order chi connectivity index (χ1) is 15.0. The molecule has 164 valence electrons. The Balaban J connectivity index is 1.63. The molecule has 0 radical (unpaired) electrons. The second-order valence-electron chi connectivity index (χ2n) is 7.99. The summed E-state index contributed by atoms with van der Waals surface area (Å²) in [4.78, 5) is 4.50. The number of piperazine rings is 1.